The van der Waals surface area contributed by atoms with Crippen LogP contribution in [0.1, 0.15) is 24.5 Å². The molecular formula is C17H21N3O3S. The fourth-order valence-corrected chi connectivity index (χ4v) is 3.57. The van der Waals surface area contributed by atoms with E-state index in [2.05, 4.69) is 18.0 Å². The van der Waals surface area contributed by atoms with Crippen molar-refractivity contribution in [2.24, 2.45) is 5.14 Å². The summed E-state index contributed by atoms with van der Waals surface area (Å²) in [6, 6.07) is 9.14. The summed E-state index contributed by atoms with van der Waals surface area (Å²) in [5.74, 6) is 1.30. The smallest absolute Gasteiger partial charge is 0.241 e. The van der Waals surface area contributed by atoms with Gasteiger partial charge in [-0.1, -0.05) is 13.0 Å². The van der Waals surface area contributed by atoms with Gasteiger partial charge < -0.3 is 9.64 Å². The zero-order valence-corrected chi connectivity index (χ0v) is 14.4. The Morgan fingerprint density at radius 1 is 1.29 bits per heavy atom. The van der Waals surface area contributed by atoms with Crippen molar-refractivity contribution in [2.45, 2.75) is 31.2 Å². The van der Waals surface area contributed by atoms with E-state index in [4.69, 9.17) is 9.88 Å². The van der Waals surface area contributed by atoms with Crippen LogP contribution in [0.2, 0.25) is 0 Å². The Kier molecular flexibility index (Phi) is 4.73. The lowest BCUT2D eigenvalue weighted by molar-refractivity contribution is 0.317. The van der Waals surface area contributed by atoms with Crippen LogP contribution in [0.15, 0.2) is 41.4 Å². The second-order valence-corrected chi connectivity index (χ2v) is 7.35. The second kappa shape index (κ2) is 6.78. The molecule has 2 N–H and O–H groups in total. The molecule has 1 aliphatic heterocycles. The molecule has 1 aliphatic rings. The summed E-state index contributed by atoms with van der Waals surface area (Å²) < 4.78 is 29.2. The molecule has 1 aromatic heterocycles. The van der Waals surface area contributed by atoms with E-state index in [1.165, 1.54) is 11.6 Å². The van der Waals surface area contributed by atoms with Crippen LogP contribution in [0.4, 0.5) is 5.82 Å². The minimum Gasteiger partial charge on any atom is -0.494 e. The number of sulfonamides is 1. The number of ether oxygens (including phenoxy) is 1. The normalized spacial score (nSPS) is 14.3. The highest BCUT2D eigenvalue weighted by Gasteiger charge is 2.23. The molecule has 0 saturated carbocycles. The van der Waals surface area contributed by atoms with Crippen LogP contribution in [-0.4, -0.2) is 26.6 Å². The van der Waals surface area contributed by atoms with E-state index in [0.717, 1.165) is 24.2 Å². The highest BCUT2D eigenvalue weighted by Crippen LogP contribution is 2.29. The van der Waals surface area contributed by atoms with Gasteiger partial charge in [-0.15, -0.1) is 0 Å². The highest BCUT2D eigenvalue weighted by atomic mass is 32.2. The maximum atomic E-state index is 11.8. The topological polar surface area (TPSA) is 85.5 Å². The SMILES string of the molecule is CCCOc1ccc2c(c1)CCN(c1ncccc1S(N)(=O)=O)C2. The third-order valence-electron chi connectivity index (χ3n) is 4.02. The molecule has 0 spiro atoms. The number of benzene rings is 1. The van der Waals surface area contributed by atoms with Crippen molar-refractivity contribution >= 4 is 15.8 Å². The van der Waals surface area contributed by atoms with Crippen LogP contribution in [-0.2, 0) is 23.0 Å². The van der Waals surface area contributed by atoms with Crippen molar-refractivity contribution in [3.8, 4) is 5.75 Å². The average molecular weight is 347 g/mol. The van der Waals surface area contributed by atoms with Gasteiger partial charge in [0.25, 0.3) is 0 Å². The van der Waals surface area contributed by atoms with E-state index in [0.29, 0.717) is 25.5 Å². The van der Waals surface area contributed by atoms with E-state index in [9.17, 15) is 8.42 Å². The molecule has 0 saturated heterocycles. The van der Waals surface area contributed by atoms with E-state index in [1.54, 1.807) is 12.3 Å². The Morgan fingerprint density at radius 3 is 2.88 bits per heavy atom. The number of aromatic nitrogens is 1. The Hall–Kier alpha value is -2.12. The Bertz CT molecular complexity index is 837. The van der Waals surface area contributed by atoms with E-state index < -0.39 is 10.0 Å². The van der Waals surface area contributed by atoms with Crippen LogP contribution in [0.25, 0.3) is 0 Å². The monoisotopic (exact) mass is 347 g/mol. The third-order valence-corrected chi connectivity index (χ3v) is 4.95. The van der Waals surface area contributed by atoms with Gasteiger partial charge in [-0.25, -0.2) is 18.5 Å². The minimum atomic E-state index is -3.80. The highest BCUT2D eigenvalue weighted by molar-refractivity contribution is 7.89. The minimum absolute atomic E-state index is 0.0661. The lowest BCUT2D eigenvalue weighted by Gasteiger charge is -2.31. The summed E-state index contributed by atoms with van der Waals surface area (Å²) in [4.78, 5) is 6.26. The molecule has 0 bridgehead atoms. The molecule has 0 aliphatic carbocycles. The fourth-order valence-electron chi connectivity index (χ4n) is 2.86. The first kappa shape index (κ1) is 16.7. The van der Waals surface area contributed by atoms with Crippen molar-refractivity contribution in [1.82, 2.24) is 4.98 Å². The zero-order chi connectivity index (χ0) is 17.2. The summed E-state index contributed by atoms with van der Waals surface area (Å²) in [6.45, 7) is 4.06. The summed E-state index contributed by atoms with van der Waals surface area (Å²) in [5, 5.41) is 5.31. The number of primary sulfonamides is 1. The first-order valence-electron chi connectivity index (χ1n) is 7.96. The number of hydrogen-bond acceptors (Lipinski definition) is 5. The molecule has 2 heterocycles. The van der Waals surface area contributed by atoms with Crippen molar-refractivity contribution in [3.63, 3.8) is 0 Å². The Balaban J connectivity index is 1.86. The lowest BCUT2D eigenvalue weighted by atomic mass is 9.99. The average Bonchev–Trinajstić information content (AvgIpc) is 2.58. The van der Waals surface area contributed by atoms with Crippen LogP contribution in [0, 0.1) is 0 Å². The Labute approximate surface area is 142 Å². The van der Waals surface area contributed by atoms with Gasteiger partial charge in [0.15, 0.2) is 0 Å². The van der Waals surface area contributed by atoms with Gasteiger partial charge >= 0.3 is 0 Å². The van der Waals surface area contributed by atoms with Crippen LogP contribution < -0.4 is 14.8 Å². The predicted molar refractivity (Wildman–Crippen MR) is 92.6 cm³/mol. The van der Waals surface area contributed by atoms with Gasteiger partial charge in [-0.05, 0) is 48.2 Å². The molecule has 0 unspecified atom stereocenters. The first-order valence-corrected chi connectivity index (χ1v) is 9.51. The summed E-state index contributed by atoms with van der Waals surface area (Å²) in [7, 11) is -3.80. The van der Waals surface area contributed by atoms with Crippen LogP contribution >= 0.6 is 0 Å². The number of fused-ring (bicyclic) bond motifs is 1. The number of nitrogens with two attached hydrogens (primary N) is 1. The molecule has 2 aromatic rings. The predicted octanol–water partition coefficient (Wildman–Crippen LogP) is 2.08. The van der Waals surface area contributed by atoms with Crippen LogP contribution in [0.3, 0.4) is 0 Å². The summed E-state index contributed by atoms with van der Waals surface area (Å²) >= 11 is 0. The molecule has 0 fully saturated rings. The lowest BCUT2D eigenvalue weighted by Crippen LogP contribution is -2.32. The third kappa shape index (κ3) is 3.52. The molecule has 0 radical (unpaired) electrons. The molecule has 0 atom stereocenters. The van der Waals surface area contributed by atoms with E-state index >= 15 is 0 Å². The number of anilines is 1. The van der Waals surface area contributed by atoms with Crippen molar-refractivity contribution in [3.05, 3.63) is 47.7 Å². The fraction of sp³-hybridized carbons (Fsp3) is 0.353. The summed E-state index contributed by atoms with van der Waals surface area (Å²) in [5.41, 5.74) is 2.38. The zero-order valence-electron chi connectivity index (χ0n) is 13.6. The number of pyridine rings is 1. The van der Waals surface area contributed by atoms with Crippen LogP contribution in [0.5, 0.6) is 5.75 Å². The molecule has 0 amide bonds. The summed E-state index contributed by atoms with van der Waals surface area (Å²) in [6.07, 6.45) is 3.36. The molecular weight excluding hydrogens is 326 g/mol. The molecule has 24 heavy (non-hydrogen) atoms. The first-order chi connectivity index (χ1) is 11.5. The van der Waals surface area contributed by atoms with Gasteiger partial charge in [0.2, 0.25) is 10.0 Å². The van der Waals surface area contributed by atoms with E-state index in [-0.39, 0.29) is 4.90 Å². The van der Waals surface area contributed by atoms with Crippen molar-refractivity contribution in [1.29, 1.82) is 0 Å². The number of nitrogens with zero attached hydrogens (tertiary/aromatic N) is 2. The van der Waals surface area contributed by atoms with E-state index in [1.807, 2.05) is 17.0 Å². The number of hydrogen-bond donors (Lipinski definition) is 1. The molecule has 128 valence electrons. The molecule has 6 nitrogen and oxygen atoms in total. The standard InChI is InChI=1S/C17H21N3O3S/c1-2-10-23-15-6-5-14-12-20(9-7-13(14)11-15)17-16(24(18,21)22)4-3-8-19-17/h3-6,8,11H,2,7,9-10,12H2,1H3,(H2,18,21,22). The second-order valence-electron chi connectivity index (χ2n) is 5.82. The molecule has 7 heteroatoms. The molecule has 3 rings (SSSR count). The van der Waals surface area contributed by atoms with Crippen molar-refractivity contribution in [2.75, 3.05) is 18.1 Å². The van der Waals surface area contributed by atoms with Gasteiger partial charge in [-0.3, -0.25) is 0 Å². The maximum absolute atomic E-state index is 11.8. The molecule has 1 aromatic carbocycles. The van der Waals surface area contributed by atoms with Crippen molar-refractivity contribution < 1.29 is 13.2 Å². The van der Waals surface area contributed by atoms with Gasteiger partial charge in [0.05, 0.1) is 6.61 Å². The van der Waals surface area contributed by atoms with Gasteiger partial charge in [0.1, 0.15) is 16.5 Å². The van der Waals surface area contributed by atoms with Gasteiger partial charge in [0, 0.05) is 19.3 Å². The van der Waals surface area contributed by atoms with Gasteiger partial charge in [-0.2, -0.15) is 0 Å². The largest absolute Gasteiger partial charge is 0.494 e. The maximum Gasteiger partial charge on any atom is 0.241 e. The Morgan fingerprint density at radius 2 is 2.12 bits per heavy atom. The number of rotatable bonds is 5. The quantitative estimate of drug-likeness (QED) is 0.895.